The van der Waals surface area contributed by atoms with Crippen molar-refractivity contribution < 1.29 is 4.79 Å². The van der Waals surface area contributed by atoms with E-state index in [2.05, 4.69) is 27.4 Å². The fraction of sp³-hybridized carbons (Fsp3) is 0.375. The van der Waals surface area contributed by atoms with Crippen LogP contribution in [0, 0.1) is 6.92 Å². The summed E-state index contributed by atoms with van der Waals surface area (Å²) in [6, 6.07) is 6.17. The van der Waals surface area contributed by atoms with Gasteiger partial charge in [0, 0.05) is 30.7 Å². The van der Waals surface area contributed by atoms with Gasteiger partial charge in [-0.05, 0) is 43.5 Å². The Bertz CT molecular complexity index is 677. The van der Waals surface area contributed by atoms with Gasteiger partial charge in [-0.1, -0.05) is 11.6 Å². The standard InChI is InChI=1S/C16H19ClN4O/c1-12-8-14(20-6-2-3-7-20)4-5-15(12)19-16(22)11-21-10-13(17)9-18-21/h4-5,8-10H,2-3,6-7,11H2,1H3,(H,19,22). The molecule has 22 heavy (non-hydrogen) atoms. The largest absolute Gasteiger partial charge is 0.372 e. The number of rotatable bonds is 4. The molecule has 0 saturated carbocycles. The van der Waals surface area contributed by atoms with E-state index in [0.29, 0.717) is 5.02 Å². The van der Waals surface area contributed by atoms with Crippen LogP contribution >= 0.6 is 11.6 Å². The summed E-state index contributed by atoms with van der Waals surface area (Å²) in [5, 5.41) is 7.45. The van der Waals surface area contributed by atoms with Crippen LogP contribution in [-0.4, -0.2) is 28.8 Å². The van der Waals surface area contributed by atoms with Gasteiger partial charge in [0.25, 0.3) is 0 Å². The molecule has 1 amide bonds. The molecule has 6 heteroatoms. The molecule has 1 N–H and O–H groups in total. The van der Waals surface area contributed by atoms with E-state index in [1.165, 1.54) is 29.4 Å². The lowest BCUT2D eigenvalue weighted by molar-refractivity contribution is -0.116. The van der Waals surface area contributed by atoms with Gasteiger partial charge >= 0.3 is 0 Å². The number of nitrogens with zero attached hydrogens (tertiary/aromatic N) is 3. The van der Waals surface area contributed by atoms with E-state index in [1.54, 1.807) is 6.20 Å². The van der Waals surface area contributed by atoms with Gasteiger partial charge in [0.05, 0.1) is 11.2 Å². The van der Waals surface area contributed by atoms with Gasteiger partial charge in [0.15, 0.2) is 0 Å². The first-order valence-electron chi connectivity index (χ1n) is 7.45. The topological polar surface area (TPSA) is 50.2 Å². The number of halogens is 1. The maximum absolute atomic E-state index is 12.1. The van der Waals surface area contributed by atoms with Crippen LogP contribution in [0.2, 0.25) is 5.02 Å². The normalized spacial score (nSPS) is 14.4. The molecule has 0 radical (unpaired) electrons. The van der Waals surface area contributed by atoms with Crippen LogP contribution < -0.4 is 10.2 Å². The molecule has 116 valence electrons. The Labute approximate surface area is 134 Å². The lowest BCUT2D eigenvalue weighted by Gasteiger charge is -2.19. The molecule has 1 aliphatic heterocycles. The second-order valence-electron chi connectivity index (χ2n) is 5.60. The average molecular weight is 319 g/mol. The number of benzene rings is 1. The predicted octanol–water partition coefficient (Wildman–Crippen LogP) is 3.08. The van der Waals surface area contributed by atoms with Crippen molar-refractivity contribution >= 4 is 28.9 Å². The number of hydrogen-bond acceptors (Lipinski definition) is 3. The summed E-state index contributed by atoms with van der Waals surface area (Å²) in [7, 11) is 0. The van der Waals surface area contributed by atoms with Crippen LogP contribution in [0.1, 0.15) is 18.4 Å². The number of nitrogens with one attached hydrogen (secondary N) is 1. The highest BCUT2D eigenvalue weighted by Crippen LogP contribution is 2.25. The molecule has 2 aromatic rings. The molecule has 1 aromatic carbocycles. The molecule has 1 fully saturated rings. The van der Waals surface area contributed by atoms with Crippen molar-refractivity contribution in [2.75, 3.05) is 23.3 Å². The second kappa shape index (κ2) is 6.40. The monoisotopic (exact) mass is 318 g/mol. The molecular formula is C16H19ClN4O. The molecule has 1 aromatic heterocycles. The molecule has 0 aliphatic carbocycles. The van der Waals surface area contributed by atoms with Gasteiger partial charge in [-0.3, -0.25) is 9.48 Å². The van der Waals surface area contributed by atoms with Gasteiger partial charge < -0.3 is 10.2 Å². The first-order valence-corrected chi connectivity index (χ1v) is 7.83. The van der Waals surface area contributed by atoms with Gasteiger partial charge in [0.1, 0.15) is 6.54 Å². The maximum atomic E-state index is 12.1. The zero-order chi connectivity index (χ0) is 15.5. The minimum Gasteiger partial charge on any atom is -0.372 e. The number of amides is 1. The number of aryl methyl sites for hydroxylation is 1. The van der Waals surface area contributed by atoms with Crippen molar-refractivity contribution in [2.45, 2.75) is 26.3 Å². The number of carbonyl (C=O) groups excluding carboxylic acids is 1. The average Bonchev–Trinajstić information content (AvgIpc) is 3.13. The van der Waals surface area contributed by atoms with E-state index in [1.807, 2.05) is 13.0 Å². The van der Waals surface area contributed by atoms with Crippen LogP contribution in [0.5, 0.6) is 0 Å². The highest BCUT2D eigenvalue weighted by molar-refractivity contribution is 6.30. The van der Waals surface area contributed by atoms with E-state index < -0.39 is 0 Å². The van der Waals surface area contributed by atoms with Gasteiger partial charge in [-0.15, -0.1) is 0 Å². The first-order chi connectivity index (χ1) is 10.6. The molecule has 0 unspecified atom stereocenters. The smallest absolute Gasteiger partial charge is 0.246 e. The van der Waals surface area contributed by atoms with Crippen LogP contribution in [-0.2, 0) is 11.3 Å². The molecule has 0 bridgehead atoms. The number of aromatic nitrogens is 2. The van der Waals surface area contributed by atoms with Crippen LogP contribution in [0.25, 0.3) is 0 Å². The minimum atomic E-state index is -0.114. The fourth-order valence-corrected chi connectivity index (χ4v) is 2.88. The third-order valence-electron chi connectivity index (χ3n) is 3.86. The Morgan fingerprint density at radius 1 is 1.36 bits per heavy atom. The molecule has 1 saturated heterocycles. The number of anilines is 2. The fourth-order valence-electron chi connectivity index (χ4n) is 2.72. The van der Waals surface area contributed by atoms with E-state index in [-0.39, 0.29) is 12.5 Å². The SMILES string of the molecule is Cc1cc(N2CCCC2)ccc1NC(=O)Cn1cc(Cl)cn1. The third kappa shape index (κ3) is 3.42. The van der Waals surface area contributed by atoms with E-state index in [4.69, 9.17) is 11.6 Å². The predicted molar refractivity (Wildman–Crippen MR) is 88.5 cm³/mol. The van der Waals surface area contributed by atoms with E-state index >= 15 is 0 Å². The van der Waals surface area contributed by atoms with Crippen molar-refractivity contribution in [3.05, 3.63) is 41.2 Å². The van der Waals surface area contributed by atoms with Crippen molar-refractivity contribution in [1.29, 1.82) is 0 Å². The van der Waals surface area contributed by atoms with Crippen LogP contribution in [0.3, 0.4) is 0 Å². The number of hydrogen-bond donors (Lipinski definition) is 1. The molecule has 1 aliphatic rings. The zero-order valence-corrected chi connectivity index (χ0v) is 13.3. The lowest BCUT2D eigenvalue weighted by Crippen LogP contribution is -2.20. The lowest BCUT2D eigenvalue weighted by atomic mass is 10.1. The van der Waals surface area contributed by atoms with Gasteiger partial charge in [-0.2, -0.15) is 5.10 Å². The first kappa shape index (κ1) is 14.9. The van der Waals surface area contributed by atoms with Gasteiger partial charge in [-0.25, -0.2) is 0 Å². The van der Waals surface area contributed by atoms with E-state index in [0.717, 1.165) is 24.3 Å². The Morgan fingerprint density at radius 3 is 2.77 bits per heavy atom. The zero-order valence-electron chi connectivity index (χ0n) is 12.6. The summed E-state index contributed by atoms with van der Waals surface area (Å²) >= 11 is 5.79. The summed E-state index contributed by atoms with van der Waals surface area (Å²) in [5.74, 6) is -0.114. The quantitative estimate of drug-likeness (QED) is 0.942. The maximum Gasteiger partial charge on any atom is 0.246 e. The minimum absolute atomic E-state index is 0.114. The Balaban J connectivity index is 1.65. The Kier molecular flexibility index (Phi) is 4.34. The summed E-state index contributed by atoms with van der Waals surface area (Å²) in [6.07, 6.45) is 5.66. The Morgan fingerprint density at radius 2 is 2.14 bits per heavy atom. The van der Waals surface area contributed by atoms with Crippen molar-refractivity contribution in [3.63, 3.8) is 0 Å². The molecule has 0 spiro atoms. The summed E-state index contributed by atoms with van der Waals surface area (Å²) in [5.41, 5.74) is 3.13. The summed E-state index contributed by atoms with van der Waals surface area (Å²) in [4.78, 5) is 14.4. The summed E-state index contributed by atoms with van der Waals surface area (Å²) < 4.78 is 1.52. The summed E-state index contributed by atoms with van der Waals surface area (Å²) in [6.45, 7) is 4.40. The third-order valence-corrected chi connectivity index (χ3v) is 4.06. The van der Waals surface area contributed by atoms with Crippen LogP contribution in [0.4, 0.5) is 11.4 Å². The van der Waals surface area contributed by atoms with E-state index in [9.17, 15) is 4.79 Å². The second-order valence-corrected chi connectivity index (χ2v) is 6.03. The highest BCUT2D eigenvalue weighted by Gasteiger charge is 2.13. The van der Waals surface area contributed by atoms with Crippen molar-refractivity contribution in [2.24, 2.45) is 0 Å². The molecular weight excluding hydrogens is 300 g/mol. The molecule has 0 atom stereocenters. The van der Waals surface area contributed by atoms with Gasteiger partial charge in [0.2, 0.25) is 5.91 Å². The van der Waals surface area contributed by atoms with Crippen LogP contribution in [0.15, 0.2) is 30.6 Å². The molecule has 5 nitrogen and oxygen atoms in total. The molecule has 2 heterocycles. The van der Waals surface area contributed by atoms with Crippen molar-refractivity contribution in [3.8, 4) is 0 Å². The molecule has 3 rings (SSSR count). The Hall–Kier alpha value is -2.01. The number of carbonyl (C=O) groups is 1. The van der Waals surface area contributed by atoms with Crippen molar-refractivity contribution in [1.82, 2.24) is 9.78 Å². The highest BCUT2D eigenvalue weighted by atomic mass is 35.5.